The molecule has 1 heterocycles. The minimum Gasteiger partial charge on any atom is -0.376 e. The van der Waals surface area contributed by atoms with Gasteiger partial charge in [-0.05, 0) is 0 Å². The number of alkyl halides is 3. The molecule has 3 nitrogen and oxygen atoms in total. The Morgan fingerprint density at radius 1 is 1.33 bits per heavy atom. The van der Waals surface area contributed by atoms with E-state index in [1.54, 1.807) is 0 Å². The summed E-state index contributed by atoms with van der Waals surface area (Å²) in [6.45, 7) is -0.0353. The topological polar surface area (TPSA) is 35.5 Å². The fourth-order valence-corrected chi connectivity index (χ4v) is 0.822. The molecule has 0 aromatic heterocycles. The van der Waals surface area contributed by atoms with Gasteiger partial charge in [0.1, 0.15) is 6.10 Å². The molecular formula is C6H7F3O3. The Labute approximate surface area is 66.4 Å². The molecule has 1 aliphatic heterocycles. The highest BCUT2D eigenvalue weighted by atomic mass is 19.4. The zero-order valence-electron chi connectivity index (χ0n) is 6.06. The zero-order valence-corrected chi connectivity index (χ0v) is 6.06. The van der Waals surface area contributed by atoms with Gasteiger partial charge in [0.15, 0.2) is 0 Å². The summed E-state index contributed by atoms with van der Waals surface area (Å²) in [5.41, 5.74) is 0. The molecule has 0 spiro atoms. The van der Waals surface area contributed by atoms with Crippen LogP contribution in [0, 0.1) is 0 Å². The lowest BCUT2D eigenvalue weighted by Crippen LogP contribution is -2.42. The fraction of sp³-hybridized carbons (Fsp3) is 0.833. The molecule has 6 heteroatoms. The molecular weight excluding hydrogens is 177 g/mol. The molecule has 0 saturated carbocycles. The summed E-state index contributed by atoms with van der Waals surface area (Å²) in [5, 5.41) is 0. The van der Waals surface area contributed by atoms with Crippen LogP contribution in [0.5, 0.6) is 0 Å². The van der Waals surface area contributed by atoms with Crippen molar-refractivity contribution in [2.75, 3.05) is 19.8 Å². The predicted molar refractivity (Wildman–Crippen MR) is 31.6 cm³/mol. The monoisotopic (exact) mass is 184 g/mol. The largest absolute Gasteiger partial charge is 0.452 e. The van der Waals surface area contributed by atoms with Crippen LogP contribution < -0.4 is 0 Å². The lowest BCUT2D eigenvalue weighted by molar-refractivity contribution is -0.192. The van der Waals surface area contributed by atoms with E-state index in [1.165, 1.54) is 0 Å². The third-order valence-electron chi connectivity index (χ3n) is 1.39. The van der Waals surface area contributed by atoms with Crippen molar-refractivity contribution in [3.63, 3.8) is 0 Å². The van der Waals surface area contributed by atoms with E-state index in [2.05, 4.69) is 9.47 Å². The first kappa shape index (κ1) is 9.47. The van der Waals surface area contributed by atoms with Gasteiger partial charge >= 0.3 is 6.18 Å². The summed E-state index contributed by atoms with van der Waals surface area (Å²) >= 11 is 0. The zero-order chi connectivity index (χ0) is 9.19. The van der Waals surface area contributed by atoms with Crippen LogP contribution in [-0.4, -0.2) is 37.9 Å². The van der Waals surface area contributed by atoms with Gasteiger partial charge in [-0.25, -0.2) is 0 Å². The van der Waals surface area contributed by atoms with E-state index in [9.17, 15) is 18.0 Å². The number of halogens is 3. The molecule has 1 unspecified atom stereocenters. The quantitative estimate of drug-likeness (QED) is 0.596. The molecule has 0 bridgehead atoms. The van der Waals surface area contributed by atoms with E-state index in [4.69, 9.17) is 0 Å². The van der Waals surface area contributed by atoms with Gasteiger partial charge in [-0.15, -0.1) is 0 Å². The van der Waals surface area contributed by atoms with Crippen molar-refractivity contribution in [1.29, 1.82) is 0 Å². The van der Waals surface area contributed by atoms with Crippen molar-refractivity contribution in [1.82, 2.24) is 0 Å². The first-order valence-corrected chi connectivity index (χ1v) is 3.32. The lowest BCUT2D eigenvalue weighted by Gasteiger charge is -2.22. The van der Waals surface area contributed by atoms with Crippen LogP contribution in [0.25, 0.3) is 0 Å². The van der Waals surface area contributed by atoms with Gasteiger partial charge in [0.2, 0.25) is 0 Å². The Bertz CT molecular complexity index is 171. The Hall–Kier alpha value is -0.620. The maximum absolute atomic E-state index is 11.7. The molecule has 0 radical (unpaired) electrons. The summed E-state index contributed by atoms with van der Waals surface area (Å²) in [6, 6.07) is 0. The summed E-state index contributed by atoms with van der Waals surface area (Å²) in [6.07, 6.45) is -6.30. The smallest absolute Gasteiger partial charge is 0.376 e. The first-order valence-electron chi connectivity index (χ1n) is 3.32. The van der Waals surface area contributed by atoms with Gasteiger partial charge in [0.25, 0.3) is 5.78 Å². The number of carbonyl (C=O) groups excluding carboxylic acids is 1. The summed E-state index contributed by atoms with van der Waals surface area (Å²) in [4.78, 5) is 10.5. The van der Waals surface area contributed by atoms with Crippen LogP contribution in [0.15, 0.2) is 0 Å². The van der Waals surface area contributed by atoms with E-state index < -0.39 is 18.1 Å². The van der Waals surface area contributed by atoms with E-state index in [0.717, 1.165) is 0 Å². The Morgan fingerprint density at radius 3 is 2.42 bits per heavy atom. The molecule has 1 atom stereocenters. The Morgan fingerprint density at radius 2 is 2.00 bits per heavy atom. The van der Waals surface area contributed by atoms with E-state index in [1.807, 2.05) is 0 Å². The molecule has 1 rings (SSSR count). The molecule has 12 heavy (non-hydrogen) atoms. The molecule has 0 aromatic carbocycles. The predicted octanol–water partition coefficient (Wildman–Crippen LogP) is 0.533. The highest BCUT2D eigenvalue weighted by molar-refractivity contribution is 5.88. The second-order valence-corrected chi connectivity index (χ2v) is 2.30. The van der Waals surface area contributed by atoms with Crippen molar-refractivity contribution >= 4 is 5.78 Å². The van der Waals surface area contributed by atoms with Gasteiger partial charge in [-0.2, -0.15) is 13.2 Å². The van der Waals surface area contributed by atoms with Crippen LogP contribution in [0.4, 0.5) is 13.2 Å². The average Bonchev–Trinajstić information content (AvgIpc) is 2.03. The third kappa shape index (κ3) is 2.18. The highest BCUT2D eigenvalue weighted by Gasteiger charge is 2.44. The Balaban J connectivity index is 2.51. The van der Waals surface area contributed by atoms with Gasteiger partial charge < -0.3 is 9.47 Å². The van der Waals surface area contributed by atoms with Crippen LogP contribution in [0.3, 0.4) is 0 Å². The van der Waals surface area contributed by atoms with Crippen LogP contribution in [-0.2, 0) is 14.3 Å². The summed E-state index contributed by atoms with van der Waals surface area (Å²) < 4.78 is 44.5. The summed E-state index contributed by atoms with van der Waals surface area (Å²) in [7, 11) is 0. The molecule has 1 saturated heterocycles. The van der Waals surface area contributed by atoms with Crippen LogP contribution in [0.1, 0.15) is 0 Å². The lowest BCUT2D eigenvalue weighted by atomic mass is 10.2. The normalized spacial score (nSPS) is 25.4. The standard InChI is InChI=1S/C6H7F3O3/c7-6(8,9)5(10)4-3-11-1-2-12-4/h4H,1-3H2. The maximum atomic E-state index is 11.7. The van der Waals surface area contributed by atoms with Gasteiger partial charge in [-0.1, -0.05) is 0 Å². The molecule has 0 aromatic rings. The number of carbonyl (C=O) groups is 1. The van der Waals surface area contributed by atoms with Crippen LogP contribution in [0.2, 0.25) is 0 Å². The number of hydrogen-bond donors (Lipinski definition) is 0. The number of ether oxygens (including phenoxy) is 2. The number of hydrogen-bond acceptors (Lipinski definition) is 3. The number of rotatable bonds is 1. The fourth-order valence-electron chi connectivity index (χ4n) is 0.822. The first-order chi connectivity index (χ1) is 5.52. The van der Waals surface area contributed by atoms with Gasteiger partial charge in [-0.3, -0.25) is 4.79 Å². The van der Waals surface area contributed by atoms with Crippen molar-refractivity contribution in [2.24, 2.45) is 0 Å². The van der Waals surface area contributed by atoms with E-state index in [-0.39, 0.29) is 19.8 Å². The average molecular weight is 184 g/mol. The van der Waals surface area contributed by atoms with Crippen molar-refractivity contribution in [2.45, 2.75) is 12.3 Å². The molecule has 1 fully saturated rings. The van der Waals surface area contributed by atoms with Crippen LogP contribution >= 0.6 is 0 Å². The minimum atomic E-state index is -4.83. The molecule has 70 valence electrons. The number of ketones is 1. The second kappa shape index (κ2) is 3.40. The molecule has 0 N–H and O–H groups in total. The summed E-state index contributed by atoms with van der Waals surface area (Å²) in [5.74, 6) is -1.87. The third-order valence-corrected chi connectivity index (χ3v) is 1.39. The Kier molecular flexibility index (Phi) is 2.69. The second-order valence-electron chi connectivity index (χ2n) is 2.30. The van der Waals surface area contributed by atoms with Crippen molar-refractivity contribution in [3.8, 4) is 0 Å². The minimum absolute atomic E-state index is 0.0342. The van der Waals surface area contributed by atoms with Crippen molar-refractivity contribution < 1.29 is 27.4 Å². The van der Waals surface area contributed by atoms with Gasteiger partial charge in [0.05, 0.1) is 19.8 Å². The molecule has 1 aliphatic rings. The number of Topliss-reactive ketones (excluding diaryl/α,β-unsaturated/α-hetero) is 1. The van der Waals surface area contributed by atoms with E-state index >= 15 is 0 Å². The molecule has 0 amide bonds. The molecule has 0 aliphatic carbocycles. The van der Waals surface area contributed by atoms with E-state index in [0.29, 0.717) is 0 Å². The van der Waals surface area contributed by atoms with Gasteiger partial charge in [0, 0.05) is 0 Å². The SMILES string of the molecule is O=C(C1COCCO1)C(F)(F)F. The highest BCUT2D eigenvalue weighted by Crippen LogP contribution is 2.20. The van der Waals surface area contributed by atoms with Crippen molar-refractivity contribution in [3.05, 3.63) is 0 Å². The maximum Gasteiger partial charge on any atom is 0.452 e.